The normalized spacial score (nSPS) is 28.7. The molecule has 3 atom stereocenters. The first-order valence-electron chi connectivity index (χ1n) is 5.70. The summed E-state index contributed by atoms with van der Waals surface area (Å²) in [5.74, 6) is 1.98. The summed E-state index contributed by atoms with van der Waals surface area (Å²) in [6.45, 7) is 4.52. The number of anilines is 1. The first-order valence-corrected chi connectivity index (χ1v) is 5.70. The molecule has 1 heterocycles. The van der Waals surface area contributed by atoms with Gasteiger partial charge in [-0.1, -0.05) is 13.8 Å². The molecule has 1 fully saturated rings. The van der Waals surface area contributed by atoms with Gasteiger partial charge in [0.15, 0.2) is 11.5 Å². The summed E-state index contributed by atoms with van der Waals surface area (Å²) in [7, 11) is 0. The molecule has 4 heteroatoms. The lowest BCUT2D eigenvalue weighted by atomic mass is 9.98. The zero-order valence-electron chi connectivity index (χ0n) is 9.64. The largest absolute Gasteiger partial charge is 0.365 e. The SMILES string of the molecule is CC1CCC(Nc2nccnc2C#N)C1C. The second kappa shape index (κ2) is 4.48. The smallest absolute Gasteiger partial charge is 0.182 e. The molecule has 0 spiro atoms. The number of nitrogens with one attached hydrogen (secondary N) is 1. The molecule has 1 aromatic heterocycles. The Morgan fingerprint density at radius 3 is 2.69 bits per heavy atom. The Labute approximate surface area is 95.7 Å². The van der Waals surface area contributed by atoms with Crippen LogP contribution in [0.1, 0.15) is 32.4 Å². The number of hydrogen-bond acceptors (Lipinski definition) is 4. The summed E-state index contributed by atoms with van der Waals surface area (Å²) in [5, 5.41) is 12.3. The monoisotopic (exact) mass is 216 g/mol. The van der Waals surface area contributed by atoms with Crippen LogP contribution in [0.4, 0.5) is 5.82 Å². The van der Waals surface area contributed by atoms with Gasteiger partial charge < -0.3 is 5.32 Å². The fourth-order valence-electron chi connectivity index (χ4n) is 2.27. The summed E-state index contributed by atoms with van der Waals surface area (Å²) in [5.41, 5.74) is 0.384. The average Bonchev–Trinajstić information content (AvgIpc) is 2.62. The van der Waals surface area contributed by atoms with Gasteiger partial charge >= 0.3 is 0 Å². The van der Waals surface area contributed by atoms with Crippen molar-refractivity contribution < 1.29 is 0 Å². The molecule has 1 aromatic rings. The van der Waals surface area contributed by atoms with E-state index in [9.17, 15) is 0 Å². The maximum Gasteiger partial charge on any atom is 0.182 e. The van der Waals surface area contributed by atoms with Crippen LogP contribution in [0.2, 0.25) is 0 Å². The van der Waals surface area contributed by atoms with Crippen LogP contribution in [0.15, 0.2) is 12.4 Å². The predicted octanol–water partition coefficient (Wildman–Crippen LogP) is 2.19. The molecule has 16 heavy (non-hydrogen) atoms. The zero-order valence-corrected chi connectivity index (χ0v) is 9.64. The molecule has 1 saturated carbocycles. The molecule has 1 N–H and O–H groups in total. The summed E-state index contributed by atoms with van der Waals surface area (Å²) < 4.78 is 0. The third-order valence-corrected chi connectivity index (χ3v) is 3.59. The Hall–Kier alpha value is -1.63. The summed E-state index contributed by atoms with van der Waals surface area (Å²) in [4.78, 5) is 8.17. The van der Waals surface area contributed by atoms with Crippen molar-refractivity contribution in [3.8, 4) is 6.07 Å². The van der Waals surface area contributed by atoms with Crippen LogP contribution in [0, 0.1) is 23.2 Å². The van der Waals surface area contributed by atoms with Crippen molar-refractivity contribution in [2.24, 2.45) is 11.8 Å². The van der Waals surface area contributed by atoms with Crippen molar-refractivity contribution in [2.45, 2.75) is 32.7 Å². The molecular formula is C12H16N4. The van der Waals surface area contributed by atoms with Gasteiger partial charge in [-0.15, -0.1) is 0 Å². The minimum Gasteiger partial charge on any atom is -0.365 e. The lowest BCUT2D eigenvalue weighted by Gasteiger charge is -2.20. The van der Waals surface area contributed by atoms with Crippen LogP contribution in [0.3, 0.4) is 0 Å². The van der Waals surface area contributed by atoms with E-state index in [1.165, 1.54) is 6.42 Å². The van der Waals surface area contributed by atoms with Crippen LogP contribution in [-0.4, -0.2) is 16.0 Å². The molecule has 1 aliphatic carbocycles. The molecule has 0 bridgehead atoms. The van der Waals surface area contributed by atoms with Gasteiger partial charge in [0.25, 0.3) is 0 Å². The molecular weight excluding hydrogens is 200 g/mol. The molecule has 4 nitrogen and oxygen atoms in total. The van der Waals surface area contributed by atoms with E-state index >= 15 is 0 Å². The van der Waals surface area contributed by atoms with Gasteiger partial charge in [0.05, 0.1) is 0 Å². The number of rotatable bonds is 2. The molecule has 0 aromatic carbocycles. The molecule has 0 saturated heterocycles. The van der Waals surface area contributed by atoms with Gasteiger partial charge in [-0.05, 0) is 24.7 Å². The lowest BCUT2D eigenvalue weighted by Crippen LogP contribution is -2.25. The number of nitrogens with zero attached hydrogens (tertiary/aromatic N) is 3. The van der Waals surface area contributed by atoms with Gasteiger partial charge in [-0.3, -0.25) is 0 Å². The fourth-order valence-corrected chi connectivity index (χ4v) is 2.27. The van der Waals surface area contributed by atoms with Crippen molar-refractivity contribution in [3.63, 3.8) is 0 Å². The highest BCUT2D eigenvalue weighted by atomic mass is 15.0. The Morgan fingerprint density at radius 2 is 2.06 bits per heavy atom. The Balaban J connectivity index is 2.13. The minimum atomic E-state index is 0.384. The highest BCUT2D eigenvalue weighted by Gasteiger charge is 2.30. The van der Waals surface area contributed by atoms with Crippen LogP contribution in [-0.2, 0) is 0 Å². The molecule has 0 aliphatic heterocycles. The van der Waals surface area contributed by atoms with E-state index in [0.717, 1.165) is 12.3 Å². The average molecular weight is 216 g/mol. The van der Waals surface area contributed by atoms with Gasteiger partial charge in [0, 0.05) is 18.4 Å². The van der Waals surface area contributed by atoms with E-state index in [2.05, 4.69) is 35.2 Å². The maximum atomic E-state index is 8.92. The van der Waals surface area contributed by atoms with Gasteiger partial charge in [0.2, 0.25) is 0 Å². The standard InChI is InChI=1S/C12H16N4/c1-8-3-4-10(9(8)2)16-12-11(7-13)14-5-6-15-12/h5-6,8-10H,3-4H2,1-2H3,(H,15,16). The summed E-state index contributed by atoms with van der Waals surface area (Å²) >= 11 is 0. The van der Waals surface area contributed by atoms with E-state index in [1.807, 2.05) is 0 Å². The Morgan fingerprint density at radius 1 is 1.31 bits per heavy atom. The second-order valence-corrected chi connectivity index (χ2v) is 4.53. The van der Waals surface area contributed by atoms with Crippen LogP contribution in [0.5, 0.6) is 0 Å². The van der Waals surface area contributed by atoms with E-state index < -0.39 is 0 Å². The number of nitriles is 1. The second-order valence-electron chi connectivity index (χ2n) is 4.53. The highest BCUT2D eigenvalue weighted by Crippen LogP contribution is 2.33. The van der Waals surface area contributed by atoms with Crippen molar-refractivity contribution in [3.05, 3.63) is 18.1 Å². The molecule has 0 radical (unpaired) electrons. The summed E-state index contributed by atoms with van der Waals surface area (Å²) in [6.07, 6.45) is 5.54. The van der Waals surface area contributed by atoms with Crippen LogP contribution < -0.4 is 5.32 Å². The Kier molecular flexibility index (Phi) is 3.04. The lowest BCUT2D eigenvalue weighted by molar-refractivity contribution is 0.435. The third kappa shape index (κ3) is 1.99. The highest BCUT2D eigenvalue weighted by molar-refractivity contribution is 5.47. The van der Waals surface area contributed by atoms with Crippen molar-refractivity contribution >= 4 is 5.82 Å². The predicted molar refractivity (Wildman–Crippen MR) is 61.7 cm³/mol. The van der Waals surface area contributed by atoms with Gasteiger partial charge in [-0.25, -0.2) is 9.97 Å². The van der Waals surface area contributed by atoms with E-state index in [0.29, 0.717) is 23.5 Å². The first kappa shape index (κ1) is 10.9. The van der Waals surface area contributed by atoms with Crippen molar-refractivity contribution in [1.29, 1.82) is 5.26 Å². The van der Waals surface area contributed by atoms with Crippen LogP contribution >= 0.6 is 0 Å². The third-order valence-electron chi connectivity index (χ3n) is 3.59. The fraction of sp³-hybridized carbons (Fsp3) is 0.583. The zero-order chi connectivity index (χ0) is 11.5. The quantitative estimate of drug-likeness (QED) is 0.823. The van der Waals surface area contributed by atoms with Gasteiger partial charge in [0.1, 0.15) is 6.07 Å². The Bertz CT molecular complexity index is 410. The van der Waals surface area contributed by atoms with E-state index in [1.54, 1.807) is 12.4 Å². The first-order chi connectivity index (χ1) is 7.72. The van der Waals surface area contributed by atoms with E-state index in [4.69, 9.17) is 5.26 Å². The minimum absolute atomic E-state index is 0.384. The molecule has 0 amide bonds. The van der Waals surface area contributed by atoms with Crippen molar-refractivity contribution in [1.82, 2.24) is 9.97 Å². The molecule has 2 rings (SSSR count). The van der Waals surface area contributed by atoms with Crippen molar-refractivity contribution in [2.75, 3.05) is 5.32 Å². The molecule has 3 unspecified atom stereocenters. The summed E-state index contributed by atoms with van der Waals surface area (Å²) in [6, 6.07) is 2.48. The topological polar surface area (TPSA) is 61.6 Å². The molecule has 1 aliphatic rings. The number of aromatic nitrogens is 2. The van der Waals surface area contributed by atoms with E-state index in [-0.39, 0.29) is 0 Å². The number of hydrogen-bond donors (Lipinski definition) is 1. The molecule has 84 valence electrons. The van der Waals surface area contributed by atoms with Crippen LogP contribution in [0.25, 0.3) is 0 Å². The maximum absolute atomic E-state index is 8.92. The van der Waals surface area contributed by atoms with Gasteiger partial charge in [-0.2, -0.15) is 5.26 Å².